The summed E-state index contributed by atoms with van der Waals surface area (Å²) in [5.41, 5.74) is 0.0299. The molecule has 1 aromatic heterocycles. The van der Waals surface area contributed by atoms with Crippen LogP contribution < -0.4 is 10.6 Å². The number of nitrogens with one attached hydrogen (secondary N) is 2. The van der Waals surface area contributed by atoms with E-state index in [0.29, 0.717) is 5.13 Å². The maximum atomic E-state index is 13.7. The predicted octanol–water partition coefficient (Wildman–Crippen LogP) is 3.03. The Bertz CT molecular complexity index is 663. The van der Waals surface area contributed by atoms with Gasteiger partial charge >= 0.3 is 0 Å². The summed E-state index contributed by atoms with van der Waals surface area (Å²) >= 11 is 1.16. The van der Waals surface area contributed by atoms with Crippen molar-refractivity contribution >= 4 is 22.4 Å². The number of thiazole rings is 1. The molecule has 1 aromatic carbocycles. The third kappa shape index (κ3) is 3.15. The Morgan fingerprint density at radius 2 is 1.95 bits per heavy atom. The molecule has 0 unspecified atom stereocenters. The van der Waals surface area contributed by atoms with Crippen LogP contribution in [0.4, 0.5) is 13.9 Å². The standard InChI is InChI=1S/C15H15F2N3OS/c16-10-2-1-3-11(17)13(10)12-8-22-15(19-12)20-14(21)9-4-6-18-7-5-9/h1-3,8-9,18H,4-7H2,(H,19,20,21). The van der Waals surface area contributed by atoms with Crippen LogP contribution in [0.5, 0.6) is 0 Å². The Hall–Kier alpha value is -1.86. The van der Waals surface area contributed by atoms with Crippen molar-refractivity contribution in [3.8, 4) is 11.3 Å². The lowest BCUT2D eigenvalue weighted by Gasteiger charge is -2.20. The molecule has 1 aliphatic heterocycles. The lowest BCUT2D eigenvalue weighted by Crippen LogP contribution is -2.34. The average molecular weight is 323 g/mol. The third-order valence-electron chi connectivity index (χ3n) is 3.66. The Labute approximate surface area is 130 Å². The van der Waals surface area contributed by atoms with E-state index in [2.05, 4.69) is 15.6 Å². The quantitative estimate of drug-likeness (QED) is 0.913. The van der Waals surface area contributed by atoms with Crippen LogP contribution in [0.3, 0.4) is 0 Å². The van der Waals surface area contributed by atoms with Gasteiger partial charge in [0.1, 0.15) is 11.6 Å². The molecule has 0 radical (unpaired) electrons. The summed E-state index contributed by atoms with van der Waals surface area (Å²) in [6.45, 7) is 1.64. The smallest absolute Gasteiger partial charge is 0.229 e. The zero-order chi connectivity index (χ0) is 15.5. The minimum absolute atomic E-state index is 0.0428. The van der Waals surface area contributed by atoms with E-state index in [9.17, 15) is 13.6 Å². The van der Waals surface area contributed by atoms with E-state index < -0.39 is 11.6 Å². The van der Waals surface area contributed by atoms with E-state index in [4.69, 9.17) is 0 Å². The van der Waals surface area contributed by atoms with Crippen molar-refractivity contribution in [1.29, 1.82) is 0 Å². The van der Waals surface area contributed by atoms with Gasteiger partial charge < -0.3 is 10.6 Å². The van der Waals surface area contributed by atoms with Gasteiger partial charge in [-0.05, 0) is 38.1 Å². The Kier molecular flexibility index (Phi) is 4.44. The normalized spacial score (nSPS) is 15.7. The molecule has 0 aliphatic carbocycles. The molecule has 0 saturated carbocycles. The Balaban J connectivity index is 1.75. The zero-order valence-electron chi connectivity index (χ0n) is 11.7. The molecule has 1 amide bonds. The van der Waals surface area contributed by atoms with Crippen LogP contribution in [-0.4, -0.2) is 24.0 Å². The number of nitrogens with zero attached hydrogens (tertiary/aromatic N) is 1. The number of carbonyl (C=O) groups excluding carboxylic acids is 1. The molecule has 7 heteroatoms. The van der Waals surface area contributed by atoms with E-state index >= 15 is 0 Å². The summed E-state index contributed by atoms with van der Waals surface area (Å²) in [5, 5.41) is 7.84. The molecule has 1 aliphatic rings. The Morgan fingerprint density at radius 3 is 2.64 bits per heavy atom. The third-order valence-corrected chi connectivity index (χ3v) is 4.42. The van der Waals surface area contributed by atoms with Crippen LogP contribution in [0, 0.1) is 17.6 Å². The highest BCUT2D eigenvalue weighted by molar-refractivity contribution is 7.14. The van der Waals surface area contributed by atoms with Gasteiger partial charge in [-0.1, -0.05) is 6.07 Å². The SMILES string of the molecule is O=C(Nc1nc(-c2c(F)cccc2F)cs1)C1CCNCC1. The average Bonchev–Trinajstić information content (AvgIpc) is 2.96. The van der Waals surface area contributed by atoms with Gasteiger partial charge in [-0.25, -0.2) is 13.8 Å². The second-order valence-electron chi connectivity index (χ2n) is 5.15. The number of halogens is 2. The maximum absolute atomic E-state index is 13.7. The summed E-state index contributed by atoms with van der Waals surface area (Å²) in [7, 11) is 0. The molecule has 2 aromatic rings. The number of piperidine rings is 1. The van der Waals surface area contributed by atoms with Crippen LogP contribution in [-0.2, 0) is 4.79 Å². The van der Waals surface area contributed by atoms with Crippen molar-refractivity contribution < 1.29 is 13.6 Å². The number of benzene rings is 1. The van der Waals surface area contributed by atoms with Crippen molar-refractivity contribution in [2.45, 2.75) is 12.8 Å². The molecule has 0 spiro atoms. The van der Waals surface area contributed by atoms with Crippen molar-refractivity contribution in [1.82, 2.24) is 10.3 Å². The first-order valence-electron chi connectivity index (χ1n) is 7.06. The highest BCUT2D eigenvalue weighted by Gasteiger charge is 2.22. The molecule has 2 heterocycles. The second-order valence-corrected chi connectivity index (χ2v) is 6.01. The van der Waals surface area contributed by atoms with Gasteiger partial charge in [-0.15, -0.1) is 11.3 Å². The van der Waals surface area contributed by atoms with Crippen LogP contribution in [0.1, 0.15) is 12.8 Å². The van der Waals surface area contributed by atoms with Crippen molar-refractivity contribution in [3.05, 3.63) is 35.2 Å². The molecule has 1 fully saturated rings. The molecule has 3 rings (SSSR count). The van der Waals surface area contributed by atoms with E-state index in [1.54, 1.807) is 5.38 Å². The summed E-state index contributed by atoms with van der Waals surface area (Å²) in [6.07, 6.45) is 1.57. The summed E-state index contributed by atoms with van der Waals surface area (Å²) in [6, 6.07) is 3.68. The lowest BCUT2D eigenvalue weighted by molar-refractivity contribution is -0.120. The second kappa shape index (κ2) is 6.50. The molecule has 1 saturated heterocycles. The van der Waals surface area contributed by atoms with Gasteiger partial charge in [0.15, 0.2) is 5.13 Å². The monoisotopic (exact) mass is 323 g/mol. The summed E-state index contributed by atoms with van der Waals surface area (Å²) in [5.74, 6) is -1.46. The van der Waals surface area contributed by atoms with Crippen molar-refractivity contribution in [2.24, 2.45) is 5.92 Å². The zero-order valence-corrected chi connectivity index (χ0v) is 12.6. The number of aromatic nitrogens is 1. The maximum Gasteiger partial charge on any atom is 0.229 e. The number of hydrogen-bond donors (Lipinski definition) is 2. The van der Waals surface area contributed by atoms with Gasteiger partial charge in [-0.3, -0.25) is 4.79 Å². The van der Waals surface area contributed by atoms with Crippen molar-refractivity contribution in [3.63, 3.8) is 0 Å². The predicted molar refractivity (Wildman–Crippen MR) is 81.7 cm³/mol. The van der Waals surface area contributed by atoms with Gasteiger partial charge in [-0.2, -0.15) is 0 Å². The summed E-state index contributed by atoms with van der Waals surface area (Å²) < 4.78 is 27.5. The first-order valence-corrected chi connectivity index (χ1v) is 7.94. The minimum Gasteiger partial charge on any atom is -0.317 e. The molecule has 4 nitrogen and oxygen atoms in total. The molecular formula is C15H15F2N3OS. The van der Waals surface area contributed by atoms with E-state index in [-0.39, 0.29) is 23.1 Å². The van der Waals surface area contributed by atoms with E-state index in [1.165, 1.54) is 18.2 Å². The van der Waals surface area contributed by atoms with Crippen LogP contribution in [0.25, 0.3) is 11.3 Å². The molecule has 0 atom stereocenters. The number of carbonyl (C=O) groups is 1. The topological polar surface area (TPSA) is 54.0 Å². The highest BCUT2D eigenvalue weighted by atomic mass is 32.1. The summed E-state index contributed by atoms with van der Waals surface area (Å²) in [4.78, 5) is 16.3. The Morgan fingerprint density at radius 1 is 1.27 bits per heavy atom. The van der Waals surface area contributed by atoms with Gasteiger partial charge in [0.05, 0.1) is 11.3 Å². The molecule has 116 valence electrons. The highest BCUT2D eigenvalue weighted by Crippen LogP contribution is 2.29. The molecule has 2 N–H and O–H groups in total. The van der Waals surface area contributed by atoms with E-state index in [1.807, 2.05) is 0 Å². The largest absolute Gasteiger partial charge is 0.317 e. The van der Waals surface area contributed by atoms with E-state index in [0.717, 1.165) is 37.3 Å². The number of anilines is 1. The number of amides is 1. The fraction of sp³-hybridized carbons (Fsp3) is 0.333. The number of hydrogen-bond acceptors (Lipinski definition) is 4. The first-order chi connectivity index (χ1) is 10.6. The van der Waals surface area contributed by atoms with Crippen LogP contribution in [0.15, 0.2) is 23.6 Å². The van der Waals surface area contributed by atoms with Crippen LogP contribution in [0.2, 0.25) is 0 Å². The minimum atomic E-state index is -0.665. The first kappa shape index (κ1) is 15.1. The lowest BCUT2D eigenvalue weighted by atomic mass is 9.97. The number of rotatable bonds is 3. The molecule has 0 bridgehead atoms. The van der Waals surface area contributed by atoms with Gasteiger partial charge in [0, 0.05) is 11.3 Å². The molecule has 22 heavy (non-hydrogen) atoms. The fourth-order valence-corrected chi connectivity index (χ4v) is 3.18. The van der Waals surface area contributed by atoms with Gasteiger partial charge in [0.2, 0.25) is 5.91 Å². The van der Waals surface area contributed by atoms with Gasteiger partial charge in [0.25, 0.3) is 0 Å². The van der Waals surface area contributed by atoms with Crippen molar-refractivity contribution in [2.75, 3.05) is 18.4 Å². The van der Waals surface area contributed by atoms with Crippen LogP contribution >= 0.6 is 11.3 Å². The fourth-order valence-electron chi connectivity index (χ4n) is 2.48. The molecular weight excluding hydrogens is 308 g/mol.